The number of aromatic nitrogens is 1. The first-order valence-electron chi connectivity index (χ1n) is 5.57. The lowest BCUT2D eigenvalue weighted by Gasteiger charge is -2.35. The van der Waals surface area contributed by atoms with Gasteiger partial charge in [0.1, 0.15) is 5.82 Å². The molecule has 1 unspecified atom stereocenters. The van der Waals surface area contributed by atoms with Gasteiger partial charge in [-0.1, -0.05) is 0 Å². The Balaban J connectivity index is 2.27. The average Bonchev–Trinajstić information content (AvgIpc) is 2.20. The maximum absolute atomic E-state index is 4.53. The molecule has 82 valence electrons. The molecule has 0 saturated carbocycles. The standard InChI is InChI=1S/C12H17BrN2/c1-9-7-11(13)8-14-12(9)15-6-4-3-5-10(15)2/h7-8,10H,3-6H2,1-2H3. The molecule has 1 aromatic heterocycles. The third-order valence-electron chi connectivity index (χ3n) is 3.09. The predicted octanol–water partition coefficient (Wildman–Crippen LogP) is 3.53. The molecular formula is C12H17BrN2. The van der Waals surface area contributed by atoms with Crippen molar-refractivity contribution < 1.29 is 0 Å². The van der Waals surface area contributed by atoms with E-state index in [9.17, 15) is 0 Å². The topological polar surface area (TPSA) is 16.1 Å². The van der Waals surface area contributed by atoms with Crippen LogP contribution >= 0.6 is 15.9 Å². The highest BCUT2D eigenvalue weighted by molar-refractivity contribution is 9.10. The smallest absolute Gasteiger partial charge is 0.131 e. The van der Waals surface area contributed by atoms with Crippen molar-refractivity contribution in [3.05, 3.63) is 22.3 Å². The third kappa shape index (κ3) is 2.33. The number of anilines is 1. The Labute approximate surface area is 99.8 Å². The summed E-state index contributed by atoms with van der Waals surface area (Å²) in [6.07, 6.45) is 5.83. The Morgan fingerprint density at radius 1 is 1.47 bits per heavy atom. The predicted molar refractivity (Wildman–Crippen MR) is 67.3 cm³/mol. The Hall–Kier alpha value is -0.570. The van der Waals surface area contributed by atoms with Crippen LogP contribution in [0.4, 0.5) is 5.82 Å². The van der Waals surface area contributed by atoms with Gasteiger partial charge in [0, 0.05) is 23.3 Å². The molecule has 1 aliphatic heterocycles. The summed E-state index contributed by atoms with van der Waals surface area (Å²) in [5.74, 6) is 1.16. The van der Waals surface area contributed by atoms with Crippen LogP contribution < -0.4 is 4.90 Å². The van der Waals surface area contributed by atoms with Crippen molar-refractivity contribution >= 4 is 21.7 Å². The van der Waals surface area contributed by atoms with E-state index in [1.54, 1.807) is 0 Å². The van der Waals surface area contributed by atoms with Crippen LogP contribution in [0, 0.1) is 6.92 Å². The molecule has 2 rings (SSSR count). The van der Waals surface area contributed by atoms with Crippen molar-refractivity contribution in [2.75, 3.05) is 11.4 Å². The van der Waals surface area contributed by atoms with Crippen molar-refractivity contribution in [3.8, 4) is 0 Å². The van der Waals surface area contributed by atoms with Crippen LogP contribution in [0.15, 0.2) is 16.7 Å². The van der Waals surface area contributed by atoms with Crippen molar-refractivity contribution in [2.45, 2.75) is 39.2 Å². The second-order valence-electron chi connectivity index (χ2n) is 4.33. The molecule has 1 aliphatic rings. The normalized spacial score (nSPS) is 21.8. The average molecular weight is 269 g/mol. The molecule has 2 nitrogen and oxygen atoms in total. The number of hydrogen-bond donors (Lipinski definition) is 0. The van der Waals surface area contributed by atoms with Crippen molar-refractivity contribution in [1.29, 1.82) is 0 Å². The molecule has 0 spiro atoms. The van der Waals surface area contributed by atoms with Gasteiger partial charge in [-0.2, -0.15) is 0 Å². The molecule has 15 heavy (non-hydrogen) atoms. The number of piperidine rings is 1. The lowest BCUT2D eigenvalue weighted by Crippen LogP contribution is -2.38. The molecule has 1 saturated heterocycles. The Morgan fingerprint density at radius 2 is 2.27 bits per heavy atom. The zero-order chi connectivity index (χ0) is 10.8. The fraction of sp³-hybridized carbons (Fsp3) is 0.583. The van der Waals surface area contributed by atoms with Crippen molar-refractivity contribution in [1.82, 2.24) is 4.98 Å². The van der Waals surface area contributed by atoms with E-state index < -0.39 is 0 Å². The summed E-state index contributed by atoms with van der Waals surface area (Å²) >= 11 is 3.45. The van der Waals surface area contributed by atoms with E-state index in [2.05, 4.69) is 45.7 Å². The van der Waals surface area contributed by atoms with Gasteiger partial charge in [0.15, 0.2) is 0 Å². The highest BCUT2D eigenvalue weighted by Crippen LogP contribution is 2.26. The van der Waals surface area contributed by atoms with E-state index in [-0.39, 0.29) is 0 Å². The molecule has 1 fully saturated rings. The van der Waals surface area contributed by atoms with Crippen LogP contribution in [0.5, 0.6) is 0 Å². The summed E-state index contributed by atoms with van der Waals surface area (Å²) in [6.45, 7) is 5.58. The van der Waals surface area contributed by atoms with E-state index >= 15 is 0 Å². The summed E-state index contributed by atoms with van der Waals surface area (Å²) in [4.78, 5) is 6.97. The number of rotatable bonds is 1. The zero-order valence-electron chi connectivity index (χ0n) is 9.33. The highest BCUT2D eigenvalue weighted by Gasteiger charge is 2.20. The first kappa shape index (κ1) is 10.9. The van der Waals surface area contributed by atoms with Gasteiger partial charge in [0.25, 0.3) is 0 Å². The minimum absolute atomic E-state index is 0.631. The van der Waals surface area contributed by atoms with Crippen LogP contribution in [0.2, 0.25) is 0 Å². The largest absolute Gasteiger partial charge is 0.354 e. The van der Waals surface area contributed by atoms with Crippen LogP contribution in [0.3, 0.4) is 0 Å². The minimum atomic E-state index is 0.631. The van der Waals surface area contributed by atoms with E-state index in [0.717, 1.165) is 16.8 Å². The first-order valence-corrected chi connectivity index (χ1v) is 6.36. The molecule has 0 radical (unpaired) electrons. The number of nitrogens with zero attached hydrogens (tertiary/aromatic N) is 2. The molecule has 3 heteroatoms. The zero-order valence-corrected chi connectivity index (χ0v) is 10.9. The number of pyridine rings is 1. The lowest BCUT2D eigenvalue weighted by atomic mass is 10.0. The molecular weight excluding hydrogens is 252 g/mol. The molecule has 0 amide bonds. The summed E-state index contributed by atoms with van der Waals surface area (Å²) in [5, 5.41) is 0. The van der Waals surface area contributed by atoms with Crippen LogP contribution in [0.25, 0.3) is 0 Å². The van der Waals surface area contributed by atoms with Gasteiger partial charge in [-0.05, 0) is 60.7 Å². The van der Waals surface area contributed by atoms with Gasteiger partial charge in [-0.3, -0.25) is 0 Å². The van der Waals surface area contributed by atoms with E-state index in [1.165, 1.54) is 24.8 Å². The monoisotopic (exact) mass is 268 g/mol. The van der Waals surface area contributed by atoms with E-state index in [1.807, 2.05) is 6.20 Å². The third-order valence-corrected chi connectivity index (χ3v) is 3.53. The summed E-state index contributed by atoms with van der Waals surface area (Å²) in [5.41, 5.74) is 1.26. The molecule has 1 aromatic rings. The number of halogens is 1. The van der Waals surface area contributed by atoms with Crippen molar-refractivity contribution in [3.63, 3.8) is 0 Å². The van der Waals surface area contributed by atoms with Gasteiger partial charge in [0.2, 0.25) is 0 Å². The van der Waals surface area contributed by atoms with Gasteiger partial charge in [-0.25, -0.2) is 4.98 Å². The summed E-state index contributed by atoms with van der Waals surface area (Å²) < 4.78 is 1.06. The van der Waals surface area contributed by atoms with Gasteiger partial charge in [0.05, 0.1) is 0 Å². The van der Waals surface area contributed by atoms with Crippen molar-refractivity contribution in [2.24, 2.45) is 0 Å². The molecule has 1 atom stereocenters. The van der Waals surface area contributed by atoms with Gasteiger partial charge in [-0.15, -0.1) is 0 Å². The number of hydrogen-bond acceptors (Lipinski definition) is 2. The molecule has 0 N–H and O–H groups in total. The Kier molecular flexibility index (Phi) is 3.29. The Morgan fingerprint density at radius 3 is 2.93 bits per heavy atom. The summed E-state index contributed by atoms with van der Waals surface area (Å²) in [7, 11) is 0. The second kappa shape index (κ2) is 4.52. The van der Waals surface area contributed by atoms with Gasteiger partial charge < -0.3 is 4.90 Å². The molecule has 0 aliphatic carbocycles. The maximum atomic E-state index is 4.53. The minimum Gasteiger partial charge on any atom is -0.354 e. The highest BCUT2D eigenvalue weighted by atomic mass is 79.9. The molecule has 2 heterocycles. The number of aryl methyl sites for hydroxylation is 1. The van der Waals surface area contributed by atoms with E-state index in [4.69, 9.17) is 0 Å². The second-order valence-corrected chi connectivity index (χ2v) is 5.25. The maximum Gasteiger partial charge on any atom is 0.131 e. The Bertz CT molecular complexity index is 351. The summed E-state index contributed by atoms with van der Waals surface area (Å²) in [6, 6.07) is 2.77. The van der Waals surface area contributed by atoms with Crippen LogP contribution in [0.1, 0.15) is 31.7 Å². The first-order chi connectivity index (χ1) is 7.18. The lowest BCUT2D eigenvalue weighted by molar-refractivity contribution is 0.480. The van der Waals surface area contributed by atoms with Crippen LogP contribution in [-0.2, 0) is 0 Å². The fourth-order valence-corrected chi connectivity index (χ4v) is 2.69. The van der Waals surface area contributed by atoms with Crippen LogP contribution in [-0.4, -0.2) is 17.6 Å². The molecule has 0 bridgehead atoms. The van der Waals surface area contributed by atoms with Gasteiger partial charge >= 0.3 is 0 Å². The fourth-order valence-electron chi connectivity index (χ4n) is 2.25. The van der Waals surface area contributed by atoms with E-state index in [0.29, 0.717) is 6.04 Å². The quantitative estimate of drug-likeness (QED) is 0.775. The molecule has 0 aromatic carbocycles. The SMILES string of the molecule is Cc1cc(Br)cnc1N1CCCCC1C.